The molecule has 0 fully saturated rings. The van der Waals surface area contributed by atoms with E-state index in [1.54, 1.807) is 60.7 Å². The van der Waals surface area contributed by atoms with Gasteiger partial charge in [-0.1, -0.05) is 48.5 Å². The molecule has 5 nitrogen and oxygen atoms in total. The number of carbonyl (C=O) groups is 1. The molecular weight excluding hydrogens is 278 g/mol. The van der Waals surface area contributed by atoms with Gasteiger partial charge in [0.25, 0.3) is 0 Å². The Balaban J connectivity index is 2.15. The van der Waals surface area contributed by atoms with Gasteiger partial charge in [0, 0.05) is 11.4 Å². The van der Waals surface area contributed by atoms with Gasteiger partial charge in [-0.15, -0.1) is 0 Å². The zero-order valence-corrected chi connectivity index (χ0v) is 11.4. The molecule has 1 heterocycles. The normalized spacial score (nSPS) is 10.1. The third-order valence-electron chi connectivity index (χ3n) is 3.21. The zero-order valence-electron chi connectivity index (χ0n) is 11.4. The predicted octanol–water partition coefficient (Wildman–Crippen LogP) is 2.05. The van der Waals surface area contributed by atoms with Crippen molar-refractivity contribution in [3.63, 3.8) is 0 Å². The molecule has 0 spiro atoms. The van der Waals surface area contributed by atoms with Gasteiger partial charge in [0.2, 0.25) is 0 Å². The lowest BCUT2D eigenvalue weighted by Gasteiger charge is -2.12. The lowest BCUT2D eigenvalue weighted by Crippen LogP contribution is -2.09. The molecule has 0 saturated heterocycles. The summed E-state index contributed by atoms with van der Waals surface area (Å²) >= 11 is 0. The Morgan fingerprint density at radius 3 is 2.23 bits per heavy atom. The molecule has 0 radical (unpaired) electrons. The second kappa shape index (κ2) is 5.54. The van der Waals surface area contributed by atoms with Gasteiger partial charge >= 0.3 is 0 Å². The van der Waals surface area contributed by atoms with Gasteiger partial charge in [0.05, 0.1) is 11.3 Å². The molecule has 0 N–H and O–H groups in total. The largest absolute Gasteiger partial charge is 0.858 e. The fourth-order valence-electron chi connectivity index (χ4n) is 2.16. The molecule has 3 rings (SSSR count). The van der Waals surface area contributed by atoms with E-state index in [2.05, 4.69) is 5.10 Å². The highest BCUT2D eigenvalue weighted by molar-refractivity contribution is 6.11. The average Bonchev–Trinajstić information content (AvgIpc) is 2.92. The number of ketones is 1. The van der Waals surface area contributed by atoms with E-state index in [9.17, 15) is 15.2 Å². The monoisotopic (exact) mass is 288 g/mol. The molecule has 3 aromatic rings. The van der Waals surface area contributed by atoms with Crippen LogP contribution in [0.2, 0.25) is 0 Å². The molecule has 1 aromatic heterocycles. The van der Waals surface area contributed by atoms with Crippen molar-refractivity contribution in [2.45, 2.75) is 0 Å². The van der Waals surface area contributed by atoms with Crippen LogP contribution in [-0.2, 0) is 0 Å². The van der Waals surface area contributed by atoms with Crippen molar-refractivity contribution in [3.8, 4) is 17.6 Å². The van der Waals surface area contributed by atoms with E-state index in [0.717, 1.165) is 4.68 Å². The van der Waals surface area contributed by atoms with Crippen molar-refractivity contribution >= 4 is 5.78 Å². The quantitative estimate of drug-likeness (QED) is 0.691. The Morgan fingerprint density at radius 2 is 1.64 bits per heavy atom. The summed E-state index contributed by atoms with van der Waals surface area (Å²) in [4.78, 5) is 12.5. The Kier molecular flexibility index (Phi) is 3.42. The van der Waals surface area contributed by atoms with Gasteiger partial charge in [-0.2, -0.15) is 10.4 Å². The zero-order chi connectivity index (χ0) is 15.5. The van der Waals surface area contributed by atoms with Gasteiger partial charge < -0.3 is 5.11 Å². The number of rotatable bonds is 3. The third kappa shape index (κ3) is 2.23. The first-order valence-corrected chi connectivity index (χ1v) is 6.57. The SMILES string of the molecule is N#Cc1nn(-c2ccccc2)c([O-])c1C(=O)c1ccccc1. The summed E-state index contributed by atoms with van der Waals surface area (Å²) in [6.45, 7) is 0. The number of para-hydroxylation sites is 1. The molecule has 0 bridgehead atoms. The number of carbonyl (C=O) groups excluding carboxylic acids is 1. The fourth-order valence-corrected chi connectivity index (χ4v) is 2.16. The molecule has 0 aliphatic carbocycles. The van der Waals surface area contributed by atoms with Crippen LogP contribution >= 0.6 is 0 Å². The second-order valence-electron chi connectivity index (χ2n) is 4.58. The second-order valence-corrected chi connectivity index (χ2v) is 4.58. The summed E-state index contributed by atoms with van der Waals surface area (Å²) in [7, 11) is 0. The van der Waals surface area contributed by atoms with E-state index in [1.165, 1.54) is 0 Å². The van der Waals surface area contributed by atoms with Crippen molar-refractivity contribution in [2.24, 2.45) is 0 Å². The summed E-state index contributed by atoms with van der Waals surface area (Å²) in [6.07, 6.45) is 0. The average molecular weight is 288 g/mol. The smallest absolute Gasteiger partial charge is 0.196 e. The molecule has 5 heteroatoms. The summed E-state index contributed by atoms with van der Waals surface area (Å²) in [5.41, 5.74) is 0.500. The van der Waals surface area contributed by atoms with Crippen molar-refractivity contribution in [3.05, 3.63) is 77.5 Å². The summed E-state index contributed by atoms with van der Waals surface area (Å²) < 4.78 is 1.08. The Bertz CT molecular complexity index is 862. The van der Waals surface area contributed by atoms with Crippen LogP contribution in [-0.4, -0.2) is 15.6 Å². The van der Waals surface area contributed by atoms with E-state index in [-0.39, 0.29) is 11.3 Å². The molecular formula is C17H10N3O2-. The summed E-state index contributed by atoms with van der Waals surface area (Å²) in [5, 5.41) is 25.6. The minimum Gasteiger partial charge on any atom is -0.858 e. The molecule has 0 aliphatic rings. The Labute approximate surface area is 126 Å². The van der Waals surface area contributed by atoms with Gasteiger partial charge in [0.15, 0.2) is 11.5 Å². The molecule has 2 aromatic carbocycles. The van der Waals surface area contributed by atoms with E-state index in [4.69, 9.17) is 0 Å². The Hall–Kier alpha value is -3.39. The maximum atomic E-state index is 12.5. The number of aromatic nitrogens is 2. The highest BCUT2D eigenvalue weighted by Crippen LogP contribution is 2.24. The van der Waals surface area contributed by atoms with Crippen molar-refractivity contribution in [2.75, 3.05) is 0 Å². The molecule has 106 valence electrons. The van der Waals surface area contributed by atoms with Crippen LogP contribution < -0.4 is 5.11 Å². The minimum absolute atomic E-state index is 0.164. The fraction of sp³-hybridized carbons (Fsp3) is 0. The standard InChI is InChI=1S/C17H11N3O2/c18-11-14-15(16(21)12-7-3-1-4-8-12)17(22)20(19-14)13-9-5-2-6-10-13/h1-10,22H/p-1. The van der Waals surface area contributed by atoms with Crippen LogP contribution in [0.4, 0.5) is 0 Å². The summed E-state index contributed by atoms with van der Waals surface area (Å²) in [5.74, 6) is -1.08. The van der Waals surface area contributed by atoms with E-state index < -0.39 is 11.7 Å². The number of nitrogens with zero attached hydrogens (tertiary/aromatic N) is 3. The van der Waals surface area contributed by atoms with Crippen molar-refractivity contribution < 1.29 is 9.90 Å². The van der Waals surface area contributed by atoms with Gasteiger partial charge in [-0.05, 0) is 12.1 Å². The molecule has 0 saturated carbocycles. The van der Waals surface area contributed by atoms with Gasteiger partial charge in [-0.3, -0.25) is 4.79 Å². The van der Waals surface area contributed by atoms with Crippen LogP contribution in [0, 0.1) is 11.3 Å². The first-order valence-electron chi connectivity index (χ1n) is 6.57. The van der Waals surface area contributed by atoms with E-state index in [0.29, 0.717) is 11.3 Å². The highest BCUT2D eigenvalue weighted by Gasteiger charge is 2.20. The molecule has 0 atom stereocenters. The number of hydrogen-bond acceptors (Lipinski definition) is 4. The van der Waals surface area contributed by atoms with Gasteiger partial charge in [-0.25, -0.2) is 4.68 Å². The number of benzene rings is 2. The van der Waals surface area contributed by atoms with Crippen LogP contribution in [0.15, 0.2) is 60.7 Å². The number of hydrogen-bond donors (Lipinski definition) is 0. The Morgan fingerprint density at radius 1 is 1.05 bits per heavy atom. The highest BCUT2D eigenvalue weighted by atomic mass is 16.3. The predicted molar refractivity (Wildman–Crippen MR) is 77.6 cm³/mol. The molecule has 0 aliphatic heterocycles. The van der Waals surface area contributed by atoms with Crippen LogP contribution in [0.3, 0.4) is 0 Å². The first kappa shape index (κ1) is 13.6. The maximum absolute atomic E-state index is 12.5. The molecule has 22 heavy (non-hydrogen) atoms. The molecule has 0 unspecified atom stereocenters. The van der Waals surface area contributed by atoms with E-state index >= 15 is 0 Å². The maximum Gasteiger partial charge on any atom is 0.196 e. The van der Waals surface area contributed by atoms with E-state index in [1.807, 2.05) is 6.07 Å². The lowest BCUT2D eigenvalue weighted by molar-refractivity contribution is -0.278. The first-order chi connectivity index (χ1) is 10.7. The van der Waals surface area contributed by atoms with Gasteiger partial charge in [0.1, 0.15) is 6.07 Å². The van der Waals surface area contributed by atoms with Crippen LogP contribution in [0.1, 0.15) is 21.6 Å². The molecule has 0 amide bonds. The minimum atomic E-state index is -0.586. The topological polar surface area (TPSA) is 81.7 Å². The third-order valence-corrected chi connectivity index (χ3v) is 3.21. The summed E-state index contributed by atoms with van der Waals surface area (Å²) in [6, 6.07) is 18.9. The number of nitriles is 1. The van der Waals surface area contributed by atoms with Crippen LogP contribution in [0.5, 0.6) is 5.88 Å². The lowest BCUT2D eigenvalue weighted by atomic mass is 10.0. The van der Waals surface area contributed by atoms with Crippen molar-refractivity contribution in [1.29, 1.82) is 5.26 Å². The van der Waals surface area contributed by atoms with Crippen LogP contribution in [0.25, 0.3) is 5.69 Å². The van der Waals surface area contributed by atoms with Crippen molar-refractivity contribution in [1.82, 2.24) is 9.78 Å².